The number of ether oxygens (including phenoxy) is 1. The molecule has 0 saturated carbocycles. The van der Waals surface area contributed by atoms with E-state index in [0.717, 1.165) is 30.0 Å². The molecule has 3 N–H and O–H groups in total. The second kappa shape index (κ2) is 8.83. The lowest BCUT2D eigenvalue weighted by Gasteiger charge is -2.10. The molecule has 0 bridgehead atoms. The van der Waals surface area contributed by atoms with Gasteiger partial charge in [0.25, 0.3) is 0 Å². The Morgan fingerprint density at radius 1 is 1.13 bits per heavy atom. The fraction of sp³-hybridized carbons (Fsp3) is 0.316. The Kier molecular flexibility index (Phi) is 6.48. The summed E-state index contributed by atoms with van der Waals surface area (Å²) in [6.45, 7) is 5.63. The highest BCUT2D eigenvalue weighted by atomic mass is 16.5. The first-order chi connectivity index (χ1) is 11.1. The molecule has 23 heavy (non-hydrogen) atoms. The van der Waals surface area contributed by atoms with Gasteiger partial charge >= 0.3 is 0 Å². The maximum Gasteiger partial charge on any atom is 0.193 e. The molecule has 122 valence electrons. The smallest absolute Gasteiger partial charge is 0.193 e. The summed E-state index contributed by atoms with van der Waals surface area (Å²) in [5, 5.41) is 3.10. The first kappa shape index (κ1) is 16.9. The Hall–Kier alpha value is -2.49. The van der Waals surface area contributed by atoms with Crippen LogP contribution in [0.15, 0.2) is 59.6 Å². The highest BCUT2D eigenvalue weighted by Crippen LogP contribution is 2.18. The summed E-state index contributed by atoms with van der Waals surface area (Å²) in [6.07, 6.45) is 1.03. The number of anilines is 1. The van der Waals surface area contributed by atoms with Crippen LogP contribution in [0, 0.1) is 5.92 Å². The van der Waals surface area contributed by atoms with Crippen LogP contribution in [0.1, 0.15) is 25.8 Å². The minimum Gasteiger partial charge on any atom is -0.489 e. The number of rotatable bonds is 7. The van der Waals surface area contributed by atoms with E-state index >= 15 is 0 Å². The van der Waals surface area contributed by atoms with Gasteiger partial charge in [0.2, 0.25) is 0 Å². The fourth-order valence-electron chi connectivity index (χ4n) is 2.04. The molecule has 2 aromatic carbocycles. The molecule has 4 heteroatoms. The first-order valence-corrected chi connectivity index (χ1v) is 7.97. The Labute approximate surface area is 138 Å². The number of nitrogens with one attached hydrogen (secondary N) is 1. The molecule has 0 radical (unpaired) electrons. The zero-order valence-electron chi connectivity index (χ0n) is 13.8. The zero-order valence-corrected chi connectivity index (χ0v) is 13.8. The van der Waals surface area contributed by atoms with Crippen molar-refractivity contribution in [3.05, 3.63) is 60.2 Å². The third kappa shape index (κ3) is 6.43. The van der Waals surface area contributed by atoms with E-state index in [0.29, 0.717) is 18.5 Å². The molecular formula is C19H25N3O. The van der Waals surface area contributed by atoms with E-state index in [-0.39, 0.29) is 0 Å². The molecule has 0 unspecified atom stereocenters. The van der Waals surface area contributed by atoms with E-state index in [2.05, 4.69) is 24.2 Å². The van der Waals surface area contributed by atoms with Crippen molar-refractivity contribution < 1.29 is 4.74 Å². The summed E-state index contributed by atoms with van der Waals surface area (Å²) < 4.78 is 5.81. The van der Waals surface area contributed by atoms with Crippen molar-refractivity contribution in [1.29, 1.82) is 0 Å². The lowest BCUT2D eigenvalue weighted by molar-refractivity contribution is 0.306. The first-order valence-electron chi connectivity index (χ1n) is 7.97. The van der Waals surface area contributed by atoms with Crippen molar-refractivity contribution in [2.45, 2.75) is 26.9 Å². The molecule has 0 aromatic heterocycles. The third-order valence-electron chi connectivity index (χ3n) is 3.34. The van der Waals surface area contributed by atoms with Crippen LogP contribution in [0.4, 0.5) is 5.69 Å². The number of nitrogens with two attached hydrogens (primary N) is 1. The van der Waals surface area contributed by atoms with Crippen molar-refractivity contribution in [1.82, 2.24) is 0 Å². The van der Waals surface area contributed by atoms with Crippen molar-refractivity contribution in [3.8, 4) is 5.75 Å². The minimum atomic E-state index is 0.436. The number of nitrogens with zero attached hydrogens (tertiary/aromatic N) is 1. The van der Waals surface area contributed by atoms with Crippen molar-refractivity contribution in [2.24, 2.45) is 16.6 Å². The molecule has 0 saturated heterocycles. The maximum absolute atomic E-state index is 5.91. The van der Waals surface area contributed by atoms with Crippen LogP contribution in [0.2, 0.25) is 0 Å². The zero-order chi connectivity index (χ0) is 16.5. The summed E-state index contributed by atoms with van der Waals surface area (Å²) in [6, 6.07) is 17.8. The second-order valence-corrected chi connectivity index (χ2v) is 5.88. The molecule has 0 atom stereocenters. The van der Waals surface area contributed by atoms with Gasteiger partial charge < -0.3 is 15.8 Å². The standard InChI is InChI=1S/C19H25N3O/c1-15(2)11-12-21-19(20)22-17-9-6-10-18(13-17)23-14-16-7-4-3-5-8-16/h3-10,13,15H,11-12,14H2,1-2H3,(H3,20,21,22). The van der Waals surface area contributed by atoms with Crippen molar-refractivity contribution in [3.63, 3.8) is 0 Å². The van der Waals surface area contributed by atoms with Gasteiger partial charge in [0, 0.05) is 18.3 Å². The average molecular weight is 311 g/mol. The monoisotopic (exact) mass is 311 g/mol. The minimum absolute atomic E-state index is 0.436. The highest BCUT2D eigenvalue weighted by molar-refractivity contribution is 5.92. The molecule has 0 heterocycles. The number of benzene rings is 2. The van der Waals surface area contributed by atoms with E-state index in [9.17, 15) is 0 Å². The average Bonchev–Trinajstić information content (AvgIpc) is 2.54. The molecule has 0 amide bonds. The molecule has 2 rings (SSSR count). The van der Waals surface area contributed by atoms with E-state index in [1.165, 1.54) is 0 Å². The number of hydrogen-bond acceptors (Lipinski definition) is 2. The summed E-state index contributed by atoms with van der Waals surface area (Å²) >= 11 is 0. The lowest BCUT2D eigenvalue weighted by Crippen LogP contribution is -2.23. The van der Waals surface area contributed by atoms with Crippen LogP contribution in [0.25, 0.3) is 0 Å². The Morgan fingerprint density at radius 3 is 2.65 bits per heavy atom. The lowest BCUT2D eigenvalue weighted by atomic mass is 10.1. The quantitative estimate of drug-likeness (QED) is 0.599. The molecular weight excluding hydrogens is 286 g/mol. The topological polar surface area (TPSA) is 59.6 Å². The molecule has 2 aromatic rings. The predicted octanol–water partition coefficient (Wildman–Crippen LogP) is 4.04. The number of hydrogen-bond donors (Lipinski definition) is 2. The van der Waals surface area contributed by atoms with Gasteiger partial charge in [-0.15, -0.1) is 0 Å². The largest absolute Gasteiger partial charge is 0.489 e. The Morgan fingerprint density at radius 2 is 1.91 bits per heavy atom. The predicted molar refractivity (Wildman–Crippen MR) is 96.8 cm³/mol. The summed E-state index contributed by atoms with van der Waals surface area (Å²) in [7, 11) is 0. The molecule has 0 fully saturated rings. The number of guanidine groups is 1. The van der Waals surface area contributed by atoms with Gasteiger partial charge in [-0.3, -0.25) is 4.99 Å². The van der Waals surface area contributed by atoms with Gasteiger partial charge in [0.15, 0.2) is 5.96 Å². The SMILES string of the molecule is CC(C)CCN=C(N)Nc1cccc(OCc2ccccc2)c1. The van der Waals surface area contributed by atoms with Crippen LogP contribution >= 0.6 is 0 Å². The Bertz CT molecular complexity index is 624. The maximum atomic E-state index is 5.91. The van der Waals surface area contributed by atoms with Gasteiger partial charge in [-0.25, -0.2) is 0 Å². The fourth-order valence-corrected chi connectivity index (χ4v) is 2.04. The molecule has 4 nitrogen and oxygen atoms in total. The van der Waals surface area contributed by atoms with Crippen LogP contribution in [-0.4, -0.2) is 12.5 Å². The molecule has 0 aliphatic heterocycles. The third-order valence-corrected chi connectivity index (χ3v) is 3.34. The van der Waals surface area contributed by atoms with Gasteiger partial charge in [0.05, 0.1) is 0 Å². The summed E-state index contributed by atoms with van der Waals surface area (Å²) in [5.74, 6) is 1.86. The summed E-state index contributed by atoms with van der Waals surface area (Å²) in [5.41, 5.74) is 7.92. The van der Waals surface area contributed by atoms with Crippen molar-refractivity contribution in [2.75, 3.05) is 11.9 Å². The molecule has 0 aliphatic rings. The van der Waals surface area contributed by atoms with E-state index in [1.54, 1.807) is 0 Å². The van der Waals surface area contributed by atoms with Crippen LogP contribution in [0.3, 0.4) is 0 Å². The van der Waals surface area contributed by atoms with E-state index in [4.69, 9.17) is 10.5 Å². The Balaban J connectivity index is 1.89. The van der Waals surface area contributed by atoms with Crippen LogP contribution in [0.5, 0.6) is 5.75 Å². The highest BCUT2D eigenvalue weighted by Gasteiger charge is 2.00. The van der Waals surface area contributed by atoms with Crippen LogP contribution < -0.4 is 15.8 Å². The van der Waals surface area contributed by atoms with E-state index in [1.807, 2.05) is 54.6 Å². The molecule has 0 spiro atoms. The van der Waals surface area contributed by atoms with E-state index < -0.39 is 0 Å². The normalized spacial score (nSPS) is 11.5. The summed E-state index contributed by atoms with van der Waals surface area (Å²) in [4.78, 5) is 4.33. The molecule has 0 aliphatic carbocycles. The van der Waals surface area contributed by atoms with Gasteiger partial charge in [-0.2, -0.15) is 0 Å². The van der Waals surface area contributed by atoms with Crippen LogP contribution in [-0.2, 0) is 6.61 Å². The van der Waals surface area contributed by atoms with Gasteiger partial charge in [0.1, 0.15) is 12.4 Å². The van der Waals surface area contributed by atoms with Gasteiger partial charge in [-0.1, -0.05) is 50.2 Å². The van der Waals surface area contributed by atoms with Crippen molar-refractivity contribution >= 4 is 11.6 Å². The van der Waals surface area contributed by atoms with Gasteiger partial charge in [-0.05, 0) is 30.0 Å². The number of aliphatic imine (C=N–C) groups is 1. The second-order valence-electron chi connectivity index (χ2n) is 5.88.